The molecule has 9 nitrogen and oxygen atoms in total. The summed E-state index contributed by atoms with van der Waals surface area (Å²) >= 11 is 0. The van der Waals surface area contributed by atoms with Gasteiger partial charge in [-0.2, -0.15) is 8.78 Å². The molecule has 0 radical (unpaired) electrons. The molecule has 0 aromatic carbocycles. The topological polar surface area (TPSA) is 101 Å². The summed E-state index contributed by atoms with van der Waals surface area (Å²) in [6, 6.07) is 3.20. The van der Waals surface area contributed by atoms with Gasteiger partial charge in [0.05, 0.1) is 17.9 Å². The molecule has 0 spiro atoms. The standard InChI is InChI=1S/C21H24F2N8O/c1-12-7-18(29-20(25-12)21(3,22)23)27-15-8-17(26-13(2)32)24-9-14(15)16-10-31-6-5-30(4)11-19(31)28-16/h7-10H,5-6,11H2,1-4H3,(H2,24,25,26,27,29,32). The Kier molecular flexibility index (Phi) is 5.59. The minimum atomic E-state index is -3.18. The van der Waals surface area contributed by atoms with Crippen molar-refractivity contribution in [2.45, 2.75) is 39.8 Å². The summed E-state index contributed by atoms with van der Waals surface area (Å²) < 4.78 is 29.8. The number of alkyl halides is 2. The van der Waals surface area contributed by atoms with Crippen molar-refractivity contribution in [3.63, 3.8) is 0 Å². The Morgan fingerprint density at radius 1 is 1.16 bits per heavy atom. The summed E-state index contributed by atoms with van der Waals surface area (Å²) in [4.78, 5) is 30.6. The largest absolute Gasteiger partial charge is 0.339 e. The molecule has 0 saturated heterocycles. The van der Waals surface area contributed by atoms with Gasteiger partial charge in [0.2, 0.25) is 11.7 Å². The van der Waals surface area contributed by atoms with Crippen molar-refractivity contribution >= 4 is 23.2 Å². The molecule has 0 atom stereocenters. The van der Waals surface area contributed by atoms with E-state index in [1.54, 1.807) is 25.3 Å². The Morgan fingerprint density at radius 3 is 2.66 bits per heavy atom. The zero-order valence-corrected chi connectivity index (χ0v) is 18.3. The normalized spacial score (nSPS) is 14.2. The maximum absolute atomic E-state index is 13.8. The lowest BCUT2D eigenvalue weighted by Crippen LogP contribution is -2.30. The van der Waals surface area contributed by atoms with Crippen LogP contribution in [0.25, 0.3) is 11.3 Å². The number of nitrogens with zero attached hydrogens (tertiary/aromatic N) is 6. The van der Waals surface area contributed by atoms with Crippen molar-refractivity contribution in [2.24, 2.45) is 0 Å². The number of fused-ring (bicyclic) bond motifs is 1. The summed E-state index contributed by atoms with van der Waals surface area (Å²) in [5.41, 5.74) is 2.27. The number of aromatic nitrogens is 5. The number of pyridine rings is 1. The van der Waals surface area contributed by atoms with Crippen LogP contribution in [0.3, 0.4) is 0 Å². The van der Waals surface area contributed by atoms with Crippen molar-refractivity contribution in [1.82, 2.24) is 29.4 Å². The predicted octanol–water partition coefficient (Wildman–Crippen LogP) is 3.30. The molecule has 0 fully saturated rings. The van der Waals surface area contributed by atoms with Crippen molar-refractivity contribution in [3.8, 4) is 11.3 Å². The Balaban J connectivity index is 1.76. The number of aryl methyl sites for hydroxylation is 1. The van der Waals surface area contributed by atoms with Crippen LogP contribution < -0.4 is 10.6 Å². The van der Waals surface area contributed by atoms with Crippen molar-refractivity contribution in [2.75, 3.05) is 24.2 Å². The van der Waals surface area contributed by atoms with Crippen molar-refractivity contribution < 1.29 is 13.6 Å². The number of hydrogen-bond acceptors (Lipinski definition) is 7. The average molecular weight is 442 g/mol. The minimum Gasteiger partial charge on any atom is -0.339 e. The Labute approximate surface area is 183 Å². The number of anilines is 3. The Hall–Kier alpha value is -3.47. The molecule has 2 N–H and O–H groups in total. The number of rotatable bonds is 5. The zero-order valence-electron chi connectivity index (χ0n) is 18.3. The van der Waals surface area contributed by atoms with Gasteiger partial charge in [0, 0.05) is 62.7 Å². The van der Waals surface area contributed by atoms with Gasteiger partial charge in [-0.15, -0.1) is 0 Å². The third-order valence-corrected chi connectivity index (χ3v) is 4.99. The third-order valence-electron chi connectivity index (χ3n) is 4.99. The molecule has 0 aliphatic carbocycles. The van der Waals surface area contributed by atoms with Gasteiger partial charge >= 0.3 is 5.92 Å². The van der Waals surface area contributed by atoms with Gasteiger partial charge in [0.25, 0.3) is 0 Å². The first-order valence-electron chi connectivity index (χ1n) is 10.1. The van der Waals surface area contributed by atoms with Crippen LogP contribution in [0.2, 0.25) is 0 Å². The lowest BCUT2D eigenvalue weighted by molar-refractivity contribution is -0.114. The van der Waals surface area contributed by atoms with E-state index in [9.17, 15) is 13.6 Å². The fraction of sp³-hybridized carbons (Fsp3) is 0.381. The summed E-state index contributed by atoms with van der Waals surface area (Å²) in [7, 11) is 2.03. The van der Waals surface area contributed by atoms with Crippen molar-refractivity contribution in [1.29, 1.82) is 0 Å². The van der Waals surface area contributed by atoms with E-state index in [2.05, 4.69) is 35.1 Å². The minimum absolute atomic E-state index is 0.207. The SMILES string of the molecule is CC(=O)Nc1cc(Nc2cc(C)nc(C(C)(F)F)n2)c(-c2cn3c(n2)CN(C)CC3)cn1. The van der Waals surface area contributed by atoms with E-state index >= 15 is 0 Å². The van der Waals surface area contributed by atoms with E-state index in [1.807, 2.05) is 13.2 Å². The third kappa shape index (κ3) is 4.72. The zero-order chi connectivity index (χ0) is 23.0. The molecule has 3 aromatic rings. The van der Waals surface area contributed by atoms with Gasteiger partial charge in [-0.1, -0.05) is 0 Å². The fourth-order valence-electron chi connectivity index (χ4n) is 3.48. The summed E-state index contributed by atoms with van der Waals surface area (Å²) in [6.45, 7) is 6.22. The van der Waals surface area contributed by atoms with E-state index in [-0.39, 0.29) is 11.7 Å². The molecular formula is C21H24F2N8O. The smallest absolute Gasteiger partial charge is 0.303 e. The highest BCUT2D eigenvalue weighted by atomic mass is 19.3. The molecule has 0 bridgehead atoms. The summed E-state index contributed by atoms with van der Waals surface area (Å²) in [5, 5.41) is 5.73. The number of carbonyl (C=O) groups is 1. The van der Waals surface area contributed by atoms with Gasteiger partial charge in [-0.05, 0) is 14.0 Å². The molecular weight excluding hydrogens is 418 g/mol. The number of amides is 1. The summed E-state index contributed by atoms with van der Waals surface area (Å²) in [6.07, 6.45) is 3.54. The second-order valence-corrected chi connectivity index (χ2v) is 8.00. The number of nitrogens with one attached hydrogen (secondary N) is 2. The molecule has 4 heterocycles. The molecule has 168 valence electrons. The molecule has 0 saturated carbocycles. The molecule has 1 aliphatic rings. The van der Waals surface area contributed by atoms with Crippen LogP contribution >= 0.6 is 0 Å². The van der Waals surface area contributed by atoms with E-state index < -0.39 is 11.7 Å². The van der Waals surface area contributed by atoms with E-state index in [1.165, 1.54) is 6.92 Å². The summed E-state index contributed by atoms with van der Waals surface area (Å²) in [5.74, 6) is -2.57. The van der Waals surface area contributed by atoms with E-state index in [0.717, 1.165) is 32.4 Å². The highest BCUT2D eigenvalue weighted by Crippen LogP contribution is 2.32. The van der Waals surface area contributed by atoms with Gasteiger partial charge in [-0.3, -0.25) is 9.69 Å². The van der Waals surface area contributed by atoms with E-state index in [4.69, 9.17) is 4.98 Å². The number of imidazole rings is 1. The monoisotopic (exact) mass is 442 g/mol. The molecule has 1 aliphatic heterocycles. The van der Waals surface area contributed by atoms with Gasteiger partial charge in [0.15, 0.2) is 0 Å². The van der Waals surface area contributed by atoms with Gasteiger partial charge in [0.1, 0.15) is 17.5 Å². The lowest BCUT2D eigenvalue weighted by Gasteiger charge is -2.22. The van der Waals surface area contributed by atoms with Crippen LogP contribution in [0.5, 0.6) is 0 Å². The molecule has 11 heteroatoms. The molecule has 3 aromatic heterocycles. The second-order valence-electron chi connectivity index (χ2n) is 8.00. The first-order chi connectivity index (χ1) is 15.1. The number of halogens is 2. The van der Waals surface area contributed by atoms with Crippen LogP contribution in [0, 0.1) is 6.92 Å². The number of carbonyl (C=O) groups excluding carboxylic acids is 1. The molecule has 32 heavy (non-hydrogen) atoms. The fourth-order valence-corrected chi connectivity index (χ4v) is 3.48. The lowest BCUT2D eigenvalue weighted by atomic mass is 10.1. The maximum atomic E-state index is 13.8. The molecule has 1 amide bonds. The highest BCUT2D eigenvalue weighted by molar-refractivity contribution is 5.89. The van der Waals surface area contributed by atoms with Crippen LogP contribution in [0.1, 0.15) is 31.2 Å². The van der Waals surface area contributed by atoms with Crippen LogP contribution in [-0.2, 0) is 23.8 Å². The number of hydrogen-bond donors (Lipinski definition) is 2. The molecule has 0 unspecified atom stereocenters. The number of likely N-dealkylation sites (N-methyl/N-ethyl adjacent to an activating group) is 1. The average Bonchev–Trinajstić information content (AvgIpc) is 3.09. The predicted molar refractivity (Wildman–Crippen MR) is 116 cm³/mol. The van der Waals surface area contributed by atoms with E-state index in [0.29, 0.717) is 28.5 Å². The van der Waals surface area contributed by atoms with Gasteiger partial charge < -0.3 is 15.2 Å². The van der Waals surface area contributed by atoms with Crippen LogP contribution in [0.4, 0.5) is 26.1 Å². The van der Waals surface area contributed by atoms with Crippen LogP contribution in [-0.4, -0.2) is 48.9 Å². The van der Waals surface area contributed by atoms with Crippen molar-refractivity contribution in [3.05, 3.63) is 41.9 Å². The van der Waals surface area contributed by atoms with Gasteiger partial charge in [-0.25, -0.2) is 19.9 Å². The Bertz CT molecular complexity index is 1170. The molecule has 4 rings (SSSR count). The first kappa shape index (κ1) is 21.8. The first-order valence-corrected chi connectivity index (χ1v) is 10.1. The quantitative estimate of drug-likeness (QED) is 0.625. The Morgan fingerprint density at radius 2 is 1.94 bits per heavy atom. The maximum Gasteiger partial charge on any atom is 0.303 e. The van der Waals surface area contributed by atoms with Crippen LogP contribution in [0.15, 0.2) is 24.5 Å². The highest BCUT2D eigenvalue weighted by Gasteiger charge is 2.29. The second kappa shape index (κ2) is 8.23.